The molecule has 1 aromatic carbocycles. The van der Waals surface area contributed by atoms with Crippen molar-refractivity contribution in [1.82, 2.24) is 10.3 Å². The first-order valence-electron chi connectivity index (χ1n) is 8.96. The van der Waals surface area contributed by atoms with Crippen molar-refractivity contribution in [3.05, 3.63) is 41.6 Å². The van der Waals surface area contributed by atoms with Gasteiger partial charge in [-0.25, -0.2) is 13.4 Å². The maximum absolute atomic E-state index is 11.6. The van der Waals surface area contributed by atoms with Crippen LogP contribution in [0.1, 0.15) is 52.7 Å². The first-order valence-corrected chi connectivity index (χ1v) is 10.9. The van der Waals surface area contributed by atoms with E-state index in [9.17, 15) is 13.5 Å². The largest absolute Gasteiger partial charge is 0.507 e. The van der Waals surface area contributed by atoms with Crippen molar-refractivity contribution in [3.8, 4) is 16.9 Å². The lowest BCUT2D eigenvalue weighted by atomic mass is 9.83. The average Bonchev–Trinajstić information content (AvgIpc) is 2.51. The summed E-state index contributed by atoms with van der Waals surface area (Å²) in [6.45, 7) is 13.1. The third kappa shape index (κ3) is 6.19. The molecule has 1 heterocycles. The summed E-state index contributed by atoms with van der Waals surface area (Å²) in [5.74, 6) is 0.189. The zero-order chi connectivity index (χ0) is 20.6. The van der Waals surface area contributed by atoms with E-state index in [0.717, 1.165) is 17.4 Å². The Morgan fingerprint density at radius 2 is 1.68 bits per heavy atom. The minimum atomic E-state index is -3.36. The van der Waals surface area contributed by atoms with Gasteiger partial charge in [0.25, 0.3) is 0 Å². The summed E-state index contributed by atoms with van der Waals surface area (Å²) in [4.78, 5) is 4.06. The van der Waals surface area contributed by atoms with Crippen molar-refractivity contribution in [2.45, 2.75) is 64.1 Å². The van der Waals surface area contributed by atoms with E-state index in [1.165, 1.54) is 12.3 Å². The van der Waals surface area contributed by atoms with E-state index < -0.39 is 9.84 Å². The number of hydrogen-bond donors (Lipinski definition) is 2. The van der Waals surface area contributed by atoms with E-state index in [1.807, 2.05) is 12.1 Å². The van der Waals surface area contributed by atoms with Crippen molar-refractivity contribution < 1.29 is 13.5 Å². The molecule has 0 saturated carbocycles. The zero-order valence-electron chi connectivity index (χ0n) is 17.6. The Hall–Kier alpha value is -1.63. The molecule has 0 amide bonds. The normalized spacial score (nSPS) is 12.5. The fourth-order valence-electron chi connectivity index (χ4n) is 2.60. The van der Waals surface area contributed by atoms with Gasteiger partial charge in [0.15, 0.2) is 14.9 Å². The number of nitrogens with one attached hydrogen (secondary N) is 1. The van der Waals surface area contributed by atoms with E-state index in [4.69, 9.17) is 0 Å². The second kappa shape index (κ2) is 8.39. The molecule has 5 nitrogen and oxygen atoms in total. The molecule has 0 spiro atoms. The van der Waals surface area contributed by atoms with Crippen LogP contribution in [0.3, 0.4) is 0 Å². The number of aromatic hydroxyl groups is 1. The number of sulfone groups is 1. The number of rotatable bonds is 4. The van der Waals surface area contributed by atoms with Gasteiger partial charge in [0.2, 0.25) is 0 Å². The molecule has 0 aliphatic rings. The van der Waals surface area contributed by atoms with Crippen molar-refractivity contribution in [3.63, 3.8) is 0 Å². The summed E-state index contributed by atoms with van der Waals surface area (Å²) in [7, 11) is -3.36. The van der Waals surface area contributed by atoms with Gasteiger partial charge in [-0.05, 0) is 49.9 Å². The van der Waals surface area contributed by atoms with E-state index in [0.29, 0.717) is 17.7 Å². The maximum atomic E-state index is 11.6. The van der Waals surface area contributed by atoms with Crippen molar-refractivity contribution >= 4 is 22.2 Å². The quantitative estimate of drug-likeness (QED) is 0.754. The predicted molar refractivity (Wildman–Crippen MR) is 117 cm³/mol. The number of benzene rings is 1. The number of pyridine rings is 1. The van der Waals surface area contributed by atoms with Gasteiger partial charge in [0.1, 0.15) is 5.75 Å². The molecule has 2 rings (SSSR count). The summed E-state index contributed by atoms with van der Waals surface area (Å²) in [6.07, 6.45) is 2.63. The van der Waals surface area contributed by atoms with Gasteiger partial charge in [-0.3, -0.25) is 0 Å². The van der Waals surface area contributed by atoms with Gasteiger partial charge >= 0.3 is 0 Å². The number of halogens is 1. The smallest absolute Gasteiger partial charge is 0.192 e. The molecule has 156 valence electrons. The van der Waals surface area contributed by atoms with Crippen LogP contribution in [-0.4, -0.2) is 30.3 Å². The summed E-state index contributed by atoms with van der Waals surface area (Å²) < 4.78 is 23.3. The topological polar surface area (TPSA) is 79.3 Å². The Morgan fingerprint density at radius 3 is 2.11 bits per heavy atom. The molecule has 1 aromatic heterocycles. The van der Waals surface area contributed by atoms with Gasteiger partial charge in [0.05, 0.1) is 0 Å². The molecule has 0 unspecified atom stereocenters. The lowest BCUT2D eigenvalue weighted by Crippen LogP contribution is -2.35. The Balaban J connectivity index is 0.00000392. The second-order valence-electron chi connectivity index (χ2n) is 9.04. The monoisotopic (exact) mass is 426 g/mol. The molecule has 2 aromatic rings. The second-order valence-corrected chi connectivity index (χ2v) is 11.0. The third-order valence-corrected chi connectivity index (χ3v) is 5.29. The minimum absolute atomic E-state index is 0. The molecule has 2 N–H and O–H groups in total. The molecule has 0 saturated heterocycles. The van der Waals surface area contributed by atoms with Crippen LogP contribution < -0.4 is 5.32 Å². The lowest BCUT2D eigenvalue weighted by molar-refractivity contribution is 0.411. The van der Waals surface area contributed by atoms with Crippen LogP contribution in [0.4, 0.5) is 0 Å². The van der Waals surface area contributed by atoms with Gasteiger partial charge < -0.3 is 10.4 Å². The van der Waals surface area contributed by atoms with Gasteiger partial charge in [0, 0.05) is 41.2 Å². The van der Waals surface area contributed by atoms with Crippen LogP contribution in [0.5, 0.6) is 5.75 Å². The maximum Gasteiger partial charge on any atom is 0.192 e. The molecule has 0 aliphatic carbocycles. The molecule has 0 bridgehead atoms. The number of phenols is 1. The van der Waals surface area contributed by atoms with E-state index in [-0.39, 0.29) is 34.1 Å². The Labute approximate surface area is 174 Å². The average molecular weight is 427 g/mol. The molecule has 0 atom stereocenters. The molecular formula is C21H31ClN2O3S. The Morgan fingerprint density at radius 1 is 1.07 bits per heavy atom. The minimum Gasteiger partial charge on any atom is -0.507 e. The lowest BCUT2D eigenvalue weighted by Gasteiger charge is -2.25. The predicted octanol–water partition coefficient (Wildman–Crippen LogP) is 4.47. The van der Waals surface area contributed by atoms with Gasteiger partial charge in [-0.2, -0.15) is 0 Å². The van der Waals surface area contributed by atoms with Gasteiger partial charge in [-0.1, -0.05) is 26.8 Å². The summed E-state index contributed by atoms with van der Waals surface area (Å²) in [6, 6.07) is 7.13. The first-order chi connectivity index (χ1) is 12.2. The fourth-order valence-corrected chi connectivity index (χ4v) is 3.16. The van der Waals surface area contributed by atoms with Gasteiger partial charge in [-0.15, -0.1) is 12.4 Å². The SMILES string of the molecule is CC(C)(C)NCc1cc(C(C)(C)C)cc(-c2ccc(S(C)(=O)=O)nc2)c1O.Cl. The van der Waals surface area contributed by atoms with E-state index >= 15 is 0 Å². The highest BCUT2D eigenvalue weighted by atomic mass is 35.5. The van der Waals surface area contributed by atoms with Crippen LogP contribution in [0, 0.1) is 0 Å². The number of aromatic nitrogens is 1. The number of hydrogen-bond acceptors (Lipinski definition) is 5. The molecule has 28 heavy (non-hydrogen) atoms. The highest BCUT2D eigenvalue weighted by Crippen LogP contribution is 2.37. The third-order valence-electron chi connectivity index (χ3n) is 4.29. The molecule has 7 heteroatoms. The highest BCUT2D eigenvalue weighted by molar-refractivity contribution is 7.90. The molecule has 0 fully saturated rings. The van der Waals surface area contributed by atoms with Crippen LogP contribution in [0.2, 0.25) is 0 Å². The fraction of sp³-hybridized carbons (Fsp3) is 0.476. The Bertz CT molecular complexity index is 926. The summed E-state index contributed by atoms with van der Waals surface area (Å²) in [5, 5.41) is 14.3. The van der Waals surface area contributed by atoms with Crippen LogP contribution in [0.15, 0.2) is 35.5 Å². The number of phenolic OH excluding ortho intramolecular Hbond substituents is 1. The molecule has 0 aliphatic heterocycles. The van der Waals surface area contributed by atoms with E-state index in [2.05, 4.69) is 51.8 Å². The Kier molecular flexibility index (Phi) is 7.32. The van der Waals surface area contributed by atoms with Crippen molar-refractivity contribution in [2.24, 2.45) is 0 Å². The molecular weight excluding hydrogens is 396 g/mol. The zero-order valence-corrected chi connectivity index (χ0v) is 19.3. The highest BCUT2D eigenvalue weighted by Gasteiger charge is 2.21. The standard InChI is InChI=1S/C21H30N2O3S.ClH/c1-20(2,3)16-10-15(13-23-21(4,5)6)19(24)17(11-16)14-8-9-18(22-12-14)27(7,25)26;/h8-12,23-24H,13H2,1-7H3;1H. The van der Waals surface area contributed by atoms with E-state index in [1.54, 1.807) is 6.07 Å². The summed E-state index contributed by atoms with van der Waals surface area (Å²) >= 11 is 0. The van der Waals surface area contributed by atoms with Crippen LogP contribution in [0.25, 0.3) is 11.1 Å². The summed E-state index contributed by atoms with van der Waals surface area (Å²) in [5.41, 5.74) is 3.05. The van der Waals surface area contributed by atoms with Crippen LogP contribution >= 0.6 is 12.4 Å². The van der Waals surface area contributed by atoms with Crippen LogP contribution in [-0.2, 0) is 21.8 Å². The number of nitrogens with zero attached hydrogens (tertiary/aromatic N) is 1. The van der Waals surface area contributed by atoms with Crippen molar-refractivity contribution in [1.29, 1.82) is 0 Å². The first kappa shape index (κ1) is 24.4. The van der Waals surface area contributed by atoms with Crippen molar-refractivity contribution in [2.75, 3.05) is 6.26 Å². The molecule has 0 radical (unpaired) electrons.